The van der Waals surface area contributed by atoms with Crippen molar-refractivity contribution in [2.45, 2.75) is 6.92 Å². The van der Waals surface area contributed by atoms with Gasteiger partial charge in [0.15, 0.2) is 5.69 Å². The molecule has 1 aromatic carbocycles. The van der Waals surface area contributed by atoms with Crippen molar-refractivity contribution in [3.05, 3.63) is 53.9 Å². The molecule has 0 atom stereocenters. The molecule has 2 aromatic rings. The molecule has 20 heavy (non-hydrogen) atoms. The van der Waals surface area contributed by atoms with Gasteiger partial charge in [-0.3, -0.25) is 0 Å². The van der Waals surface area contributed by atoms with Gasteiger partial charge in [0.25, 0.3) is 0 Å². The number of rotatable bonds is 6. The molecule has 0 bridgehead atoms. The zero-order valence-electron chi connectivity index (χ0n) is 11.1. The van der Waals surface area contributed by atoms with Gasteiger partial charge in [-0.05, 0) is 18.6 Å². The van der Waals surface area contributed by atoms with Crippen molar-refractivity contribution < 1.29 is 18.7 Å². The van der Waals surface area contributed by atoms with Crippen LogP contribution in [-0.4, -0.2) is 24.2 Å². The lowest BCUT2D eigenvalue weighted by molar-refractivity contribution is 0.0519. The number of oxazole rings is 1. The summed E-state index contributed by atoms with van der Waals surface area (Å²) in [6.45, 7) is 2.32. The molecule has 0 radical (unpaired) electrons. The summed E-state index contributed by atoms with van der Waals surface area (Å²) in [7, 11) is 0. The van der Waals surface area contributed by atoms with Crippen LogP contribution in [0.4, 0.5) is 0 Å². The van der Waals surface area contributed by atoms with Crippen molar-refractivity contribution in [1.29, 1.82) is 0 Å². The third kappa shape index (κ3) is 3.98. The molecule has 1 aromatic heterocycles. The molecular formula is C15H15NO4. The monoisotopic (exact) mass is 273 g/mol. The van der Waals surface area contributed by atoms with Gasteiger partial charge in [-0.25, -0.2) is 4.79 Å². The van der Waals surface area contributed by atoms with Crippen LogP contribution in [0.1, 0.15) is 23.0 Å². The van der Waals surface area contributed by atoms with Gasteiger partial charge in [0, 0.05) is 0 Å². The van der Waals surface area contributed by atoms with Crippen molar-refractivity contribution >= 4 is 12.0 Å². The number of ether oxygens (including phenoxy) is 2. The minimum atomic E-state index is -0.522. The Morgan fingerprint density at radius 2 is 2.15 bits per heavy atom. The molecule has 0 aliphatic rings. The lowest BCUT2D eigenvalue weighted by atomic mass is 10.2. The Hall–Kier alpha value is -2.56. The minimum absolute atomic E-state index is 0.0470. The van der Waals surface area contributed by atoms with Gasteiger partial charge in [-0.1, -0.05) is 36.4 Å². The molecule has 0 aliphatic heterocycles. The maximum atomic E-state index is 11.4. The Morgan fingerprint density at radius 3 is 2.90 bits per heavy atom. The summed E-state index contributed by atoms with van der Waals surface area (Å²) in [5.74, 6) is -0.522. The summed E-state index contributed by atoms with van der Waals surface area (Å²) in [5.41, 5.74) is 1.18. The zero-order valence-corrected chi connectivity index (χ0v) is 11.1. The van der Waals surface area contributed by atoms with E-state index in [1.165, 1.54) is 6.26 Å². The Morgan fingerprint density at radius 1 is 1.35 bits per heavy atom. The van der Waals surface area contributed by atoms with Gasteiger partial charge < -0.3 is 13.9 Å². The van der Waals surface area contributed by atoms with Crippen molar-refractivity contribution in [3.63, 3.8) is 0 Å². The predicted molar refractivity (Wildman–Crippen MR) is 73.4 cm³/mol. The second-order valence-electron chi connectivity index (χ2n) is 3.84. The first-order valence-corrected chi connectivity index (χ1v) is 6.26. The highest BCUT2D eigenvalue weighted by molar-refractivity contribution is 5.86. The average molecular weight is 273 g/mol. The number of carbonyl (C=O) groups excluding carboxylic acids is 1. The number of hydrogen-bond donors (Lipinski definition) is 0. The summed E-state index contributed by atoms with van der Waals surface area (Å²) in [6.07, 6.45) is 5.03. The average Bonchev–Trinajstić information content (AvgIpc) is 2.94. The van der Waals surface area contributed by atoms with Crippen LogP contribution in [0.15, 0.2) is 47.1 Å². The first-order chi connectivity index (χ1) is 9.79. The van der Waals surface area contributed by atoms with E-state index in [1.54, 1.807) is 6.92 Å². The minimum Gasteiger partial charge on any atom is -0.461 e. The summed E-state index contributed by atoms with van der Waals surface area (Å²) in [6, 6.07) is 9.85. The molecule has 0 saturated heterocycles. The molecule has 0 fully saturated rings. The van der Waals surface area contributed by atoms with Crippen LogP contribution in [0.5, 0.6) is 6.08 Å². The van der Waals surface area contributed by atoms with Gasteiger partial charge in [-0.2, -0.15) is 4.98 Å². The van der Waals surface area contributed by atoms with Crippen molar-refractivity contribution in [1.82, 2.24) is 4.98 Å². The Bertz CT molecular complexity index is 575. The predicted octanol–water partition coefficient (Wildman–Crippen LogP) is 2.94. The third-order valence-electron chi connectivity index (χ3n) is 2.38. The molecule has 0 saturated carbocycles. The van der Waals surface area contributed by atoms with E-state index in [4.69, 9.17) is 13.9 Å². The van der Waals surface area contributed by atoms with Crippen LogP contribution in [0, 0.1) is 0 Å². The van der Waals surface area contributed by atoms with Crippen LogP contribution in [0.2, 0.25) is 0 Å². The first-order valence-electron chi connectivity index (χ1n) is 6.26. The molecular weight excluding hydrogens is 258 g/mol. The molecule has 0 aliphatic carbocycles. The van der Waals surface area contributed by atoms with E-state index in [9.17, 15) is 4.79 Å². The fourth-order valence-corrected chi connectivity index (χ4v) is 1.49. The number of nitrogens with zero attached hydrogens (tertiary/aromatic N) is 1. The largest absolute Gasteiger partial charge is 0.461 e. The second kappa shape index (κ2) is 7.13. The fraction of sp³-hybridized carbons (Fsp3) is 0.200. The van der Waals surface area contributed by atoms with Crippen molar-refractivity contribution in [2.24, 2.45) is 0 Å². The third-order valence-corrected chi connectivity index (χ3v) is 2.38. The van der Waals surface area contributed by atoms with E-state index in [0.717, 1.165) is 5.56 Å². The molecule has 0 unspecified atom stereocenters. The van der Waals surface area contributed by atoms with E-state index in [1.807, 2.05) is 42.5 Å². The van der Waals surface area contributed by atoms with Crippen molar-refractivity contribution in [2.75, 3.05) is 13.2 Å². The van der Waals surface area contributed by atoms with Crippen LogP contribution in [0.25, 0.3) is 6.08 Å². The number of benzene rings is 1. The maximum Gasteiger partial charge on any atom is 0.394 e. The molecule has 104 valence electrons. The summed E-state index contributed by atoms with van der Waals surface area (Å²) >= 11 is 0. The van der Waals surface area contributed by atoms with Gasteiger partial charge in [-0.15, -0.1) is 0 Å². The maximum absolute atomic E-state index is 11.4. The highest BCUT2D eigenvalue weighted by Gasteiger charge is 2.13. The van der Waals surface area contributed by atoms with Gasteiger partial charge in [0.2, 0.25) is 0 Å². The fourth-order valence-electron chi connectivity index (χ4n) is 1.49. The van der Waals surface area contributed by atoms with E-state index in [0.29, 0.717) is 13.2 Å². The smallest absolute Gasteiger partial charge is 0.394 e. The lowest BCUT2D eigenvalue weighted by Crippen LogP contribution is -2.05. The van der Waals surface area contributed by atoms with Crippen LogP contribution >= 0.6 is 0 Å². The van der Waals surface area contributed by atoms with E-state index >= 15 is 0 Å². The standard InChI is InChI=1S/C15H15NO4/c1-2-18-14(17)13-11-20-15(16-13)19-10-6-9-12-7-4-3-5-8-12/h3-9,11H,2,10H2,1H3/b9-6+. The number of hydrogen-bond acceptors (Lipinski definition) is 5. The first kappa shape index (κ1) is 13.9. The number of esters is 1. The SMILES string of the molecule is CCOC(=O)c1coc(OC/C=C/c2ccccc2)n1. The second-order valence-corrected chi connectivity index (χ2v) is 3.84. The van der Waals surface area contributed by atoms with Gasteiger partial charge in [0.05, 0.1) is 6.61 Å². The summed E-state index contributed by atoms with van der Waals surface area (Å²) < 4.78 is 15.1. The number of carbonyl (C=O) groups is 1. The normalized spacial score (nSPS) is 10.7. The zero-order chi connectivity index (χ0) is 14.2. The molecule has 5 nitrogen and oxygen atoms in total. The molecule has 5 heteroatoms. The number of aromatic nitrogens is 1. The topological polar surface area (TPSA) is 61.6 Å². The Labute approximate surface area is 116 Å². The molecule has 0 amide bonds. The van der Waals surface area contributed by atoms with E-state index in [2.05, 4.69) is 4.98 Å². The van der Waals surface area contributed by atoms with Crippen LogP contribution in [0.3, 0.4) is 0 Å². The van der Waals surface area contributed by atoms with Crippen molar-refractivity contribution in [3.8, 4) is 6.08 Å². The summed E-state index contributed by atoms with van der Waals surface area (Å²) in [5, 5.41) is 0. The molecule has 1 heterocycles. The van der Waals surface area contributed by atoms with Gasteiger partial charge in [0.1, 0.15) is 12.9 Å². The van der Waals surface area contributed by atoms with E-state index in [-0.39, 0.29) is 11.8 Å². The molecule has 0 spiro atoms. The van der Waals surface area contributed by atoms with E-state index < -0.39 is 5.97 Å². The van der Waals surface area contributed by atoms with Crippen LogP contribution in [-0.2, 0) is 4.74 Å². The molecule has 2 rings (SSSR count). The highest BCUT2D eigenvalue weighted by atomic mass is 16.6. The van der Waals surface area contributed by atoms with Crippen LogP contribution < -0.4 is 4.74 Å². The lowest BCUT2D eigenvalue weighted by Gasteiger charge is -1.96. The quantitative estimate of drug-likeness (QED) is 0.757. The Kier molecular flexibility index (Phi) is 4.94. The molecule has 0 N–H and O–H groups in total. The van der Waals surface area contributed by atoms with Gasteiger partial charge >= 0.3 is 12.0 Å². The Balaban J connectivity index is 1.83. The highest BCUT2D eigenvalue weighted by Crippen LogP contribution is 2.11. The summed E-state index contributed by atoms with van der Waals surface area (Å²) in [4.78, 5) is 15.2.